The van der Waals surface area contributed by atoms with Crippen molar-refractivity contribution in [2.75, 3.05) is 6.61 Å². The van der Waals surface area contributed by atoms with E-state index in [1.54, 1.807) is 6.92 Å². The zero-order chi connectivity index (χ0) is 19.1. The van der Waals surface area contributed by atoms with Crippen molar-refractivity contribution in [3.05, 3.63) is 48.4 Å². The average Bonchev–Trinajstić information content (AvgIpc) is 2.43. The van der Waals surface area contributed by atoms with Gasteiger partial charge in [-0.3, -0.25) is 4.55 Å². The zero-order valence-corrected chi connectivity index (χ0v) is 13.6. The lowest BCUT2D eigenvalue weighted by Crippen LogP contribution is -1.99. The molecule has 0 saturated heterocycles. The zero-order valence-electron chi connectivity index (χ0n) is 12.8. The van der Waals surface area contributed by atoms with Gasteiger partial charge < -0.3 is 15.3 Å². The number of carboxylic acids is 2. The van der Waals surface area contributed by atoms with Gasteiger partial charge in [0.25, 0.3) is 10.1 Å². The Labute approximate surface area is 135 Å². The van der Waals surface area contributed by atoms with Gasteiger partial charge >= 0.3 is 11.9 Å². The molecule has 0 aromatic rings. The normalized spacial score (nSPS) is 9.70. The summed E-state index contributed by atoms with van der Waals surface area (Å²) in [5, 5.41) is 24.8. The third-order valence-electron chi connectivity index (χ3n) is 1.64. The summed E-state index contributed by atoms with van der Waals surface area (Å²) < 4.78 is 28.0. The number of aliphatic hydroxyl groups excluding tert-OH is 1. The predicted octanol–water partition coefficient (Wildman–Crippen LogP) is 1.62. The number of allylic oxidation sites excluding steroid dienone is 2. The van der Waals surface area contributed by atoms with E-state index in [0.29, 0.717) is 23.8 Å². The molecule has 0 unspecified atom stereocenters. The molecule has 0 aliphatic heterocycles. The molecular formula is C14H22O8S. The van der Waals surface area contributed by atoms with Crippen molar-refractivity contribution in [2.24, 2.45) is 0 Å². The van der Waals surface area contributed by atoms with E-state index in [0.717, 1.165) is 6.08 Å². The fourth-order valence-corrected chi connectivity index (χ4v) is 1.01. The molecule has 0 fully saturated rings. The van der Waals surface area contributed by atoms with Gasteiger partial charge in [0.05, 0.1) is 5.41 Å². The molecule has 4 N–H and O–H groups in total. The first kappa shape index (κ1) is 25.7. The molecule has 0 spiro atoms. The van der Waals surface area contributed by atoms with Crippen LogP contribution in [-0.2, 0) is 19.7 Å². The van der Waals surface area contributed by atoms with Crippen molar-refractivity contribution in [1.82, 2.24) is 0 Å². The van der Waals surface area contributed by atoms with Crippen LogP contribution >= 0.6 is 0 Å². The predicted molar refractivity (Wildman–Crippen MR) is 86.4 cm³/mol. The van der Waals surface area contributed by atoms with Crippen LogP contribution in [-0.4, -0.2) is 46.8 Å². The lowest BCUT2D eigenvalue weighted by atomic mass is 10.2. The van der Waals surface area contributed by atoms with E-state index in [9.17, 15) is 18.0 Å². The maximum absolute atomic E-state index is 10.0. The summed E-state index contributed by atoms with van der Waals surface area (Å²) in [6.07, 6.45) is 2.90. The highest BCUT2D eigenvalue weighted by Crippen LogP contribution is 2.00. The van der Waals surface area contributed by atoms with E-state index in [1.807, 2.05) is 0 Å². The highest BCUT2D eigenvalue weighted by molar-refractivity contribution is 7.88. The molecule has 0 aromatic carbocycles. The van der Waals surface area contributed by atoms with Gasteiger partial charge in [-0.25, -0.2) is 9.59 Å². The van der Waals surface area contributed by atoms with Crippen LogP contribution in [0.5, 0.6) is 0 Å². The van der Waals surface area contributed by atoms with Gasteiger partial charge in [-0.2, -0.15) is 8.42 Å². The minimum Gasteiger partial charge on any atom is -0.478 e. The minimum absolute atomic E-state index is 0.0201. The van der Waals surface area contributed by atoms with E-state index in [-0.39, 0.29) is 12.2 Å². The molecule has 132 valence electrons. The van der Waals surface area contributed by atoms with Crippen LogP contribution < -0.4 is 0 Å². The average molecular weight is 350 g/mol. The van der Waals surface area contributed by atoms with E-state index in [1.165, 1.54) is 6.08 Å². The highest BCUT2D eigenvalue weighted by Gasteiger charge is 2.01. The molecule has 0 saturated carbocycles. The van der Waals surface area contributed by atoms with Crippen molar-refractivity contribution in [3.63, 3.8) is 0 Å². The standard InChI is InChI=1S/C6H10O3.C5H8O3S.C3H4O2/c1-5(6(8)9)3-2-4-7;1-5(2)3-4-9(6,7)8;1-2-3(4)5/h7H,1-4H2,(H,8,9);3-4H,1H2,2H3,(H,6,7,8);2H,1H2,(H,4,5). The van der Waals surface area contributed by atoms with Gasteiger partial charge in [-0.15, -0.1) is 0 Å². The maximum Gasteiger partial charge on any atom is 0.330 e. The fraction of sp³-hybridized carbons (Fsp3) is 0.286. The third kappa shape index (κ3) is 32.9. The van der Waals surface area contributed by atoms with Crippen molar-refractivity contribution < 1.29 is 37.9 Å². The summed E-state index contributed by atoms with van der Waals surface area (Å²) in [5.41, 5.74) is 0.733. The van der Waals surface area contributed by atoms with Crippen molar-refractivity contribution in [1.29, 1.82) is 0 Å². The number of carbonyl (C=O) groups is 2. The quantitative estimate of drug-likeness (QED) is 0.307. The van der Waals surface area contributed by atoms with E-state index in [4.69, 9.17) is 19.9 Å². The summed E-state index contributed by atoms with van der Waals surface area (Å²) in [6.45, 7) is 11.3. The molecule has 23 heavy (non-hydrogen) atoms. The lowest BCUT2D eigenvalue weighted by Gasteiger charge is -1.94. The number of rotatable bonds is 7. The number of hydrogen-bond donors (Lipinski definition) is 4. The molecule has 0 bridgehead atoms. The first-order valence-electron chi connectivity index (χ1n) is 6.05. The Morgan fingerprint density at radius 1 is 1.17 bits per heavy atom. The van der Waals surface area contributed by atoms with Crippen LogP contribution in [0.3, 0.4) is 0 Å². The Morgan fingerprint density at radius 2 is 1.61 bits per heavy atom. The number of aliphatic hydroxyl groups is 1. The molecule has 9 heteroatoms. The van der Waals surface area contributed by atoms with Crippen molar-refractivity contribution >= 4 is 22.1 Å². The minimum atomic E-state index is -3.96. The van der Waals surface area contributed by atoms with Gasteiger partial charge in [0, 0.05) is 18.3 Å². The Hall–Kier alpha value is -2.23. The lowest BCUT2D eigenvalue weighted by molar-refractivity contribution is -0.133. The van der Waals surface area contributed by atoms with Crippen LogP contribution in [0.4, 0.5) is 0 Å². The van der Waals surface area contributed by atoms with Crippen molar-refractivity contribution in [3.8, 4) is 0 Å². The smallest absolute Gasteiger partial charge is 0.330 e. The second-order valence-electron chi connectivity index (χ2n) is 3.94. The maximum atomic E-state index is 10.0. The number of aliphatic carboxylic acids is 2. The van der Waals surface area contributed by atoms with Gasteiger partial charge in [-0.05, 0) is 25.8 Å². The van der Waals surface area contributed by atoms with Gasteiger partial charge in [0.2, 0.25) is 0 Å². The summed E-state index contributed by atoms with van der Waals surface area (Å²) in [7, 11) is -3.96. The Kier molecular flexibility index (Phi) is 16.4. The van der Waals surface area contributed by atoms with E-state index >= 15 is 0 Å². The highest BCUT2D eigenvalue weighted by atomic mass is 32.2. The third-order valence-corrected chi connectivity index (χ3v) is 2.12. The first-order valence-corrected chi connectivity index (χ1v) is 7.56. The summed E-state index contributed by atoms with van der Waals surface area (Å²) in [5.74, 6) is -1.96. The summed E-state index contributed by atoms with van der Waals surface area (Å²) in [4.78, 5) is 19.3. The van der Waals surface area contributed by atoms with Crippen LogP contribution in [0.1, 0.15) is 19.8 Å². The SMILES string of the molecule is C=C(C)C=CS(=O)(=O)O.C=C(CCCO)C(=O)O.C=CC(=O)O. The van der Waals surface area contributed by atoms with Crippen molar-refractivity contribution in [2.45, 2.75) is 19.8 Å². The Balaban J connectivity index is -0.000000273. The molecule has 0 heterocycles. The molecule has 0 amide bonds. The van der Waals surface area contributed by atoms with Crippen LogP contribution in [0, 0.1) is 0 Å². The van der Waals surface area contributed by atoms with E-state index in [2.05, 4.69) is 19.7 Å². The molecule has 0 aromatic heterocycles. The number of carboxylic acid groups (broad SMARTS) is 2. The fourth-order valence-electron chi connectivity index (χ4n) is 0.602. The molecule has 0 rings (SSSR count). The topological polar surface area (TPSA) is 149 Å². The largest absolute Gasteiger partial charge is 0.478 e. The molecular weight excluding hydrogens is 328 g/mol. The molecule has 0 aliphatic rings. The monoisotopic (exact) mass is 350 g/mol. The Bertz CT molecular complexity index is 543. The summed E-state index contributed by atoms with van der Waals surface area (Å²) >= 11 is 0. The number of hydrogen-bond acceptors (Lipinski definition) is 5. The van der Waals surface area contributed by atoms with Gasteiger partial charge in [0.15, 0.2) is 0 Å². The first-order chi connectivity index (χ1) is 10.4. The van der Waals surface area contributed by atoms with E-state index < -0.39 is 22.1 Å². The molecule has 0 radical (unpaired) electrons. The second-order valence-corrected chi connectivity index (χ2v) is 5.24. The van der Waals surface area contributed by atoms with Gasteiger partial charge in [0.1, 0.15) is 0 Å². The molecule has 8 nitrogen and oxygen atoms in total. The van der Waals surface area contributed by atoms with Crippen LogP contribution in [0.15, 0.2) is 48.4 Å². The van der Waals surface area contributed by atoms with Crippen LogP contribution in [0.2, 0.25) is 0 Å². The molecule has 0 atom stereocenters. The van der Waals surface area contributed by atoms with Gasteiger partial charge in [-0.1, -0.05) is 25.3 Å². The summed E-state index contributed by atoms with van der Waals surface area (Å²) in [6, 6.07) is 0. The Morgan fingerprint density at radius 3 is 1.78 bits per heavy atom. The van der Waals surface area contributed by atoms with Crippen LogP contribution in [0.25, 0.3) is 0 Å². The second kappa shape index (κ2) is 14.7. The molecule has 0 aliphatic carbocycles.